The van der Waals surface area contributed by atoms with Crippen LogP contribution in [0.5, 0.6) is 0 Å². The molecule has 0 bridgehead atoms. The maximum absolute atomic E-state index is 13.4. The molecule has 7 heteroatoms. The number of likely N-dealkylation sites (N-methyl/N-ethyl adjacent to an activating group) is 1. The minimum Gasteiger partial charge on any atom is -0.355 e. The molecule has 7 nitrogen and oxygen atoms in total. The van der Waals surface area contributed by atoms with Crippen LogP contribution in [0.15, 0.2) is 36.5 Å². The number of benzene rings is 1. The third kappa shape index (κ3) is 3.67. The lowest BCUT2D eigenvalue weighted by Gasteiger charge is -2.31. The zero-order valence-corrected chi connectivity index (χ0v) is 17.3. The molecular formula is C22H29N5O2. The summed E-state index contributed by atoms with van der Waals surface area (Å²) < 4.78 is 1.65. The van der Waals surface area contributed by atoms with Gasteiger partial charge in [0.2, 0.25) is 5.91 Å². The summed E-state index contributed by atoms with van der Waals surface area (Å²) >= 11 is 0. The van der Waals surface area contributed by atoms with Crippen molar-refractivity contribution < 1.29 is 9.59 Å². The van der Waals surface area contributed by atoms with E-state index in [1.54, 1.807) is 24.0 Å². The van der Waals surface area contributed by atoms with Gasteiger partial charge in [-0.2, -0.15) is 5.10 Å². The highest BCUT2D eigenvalue weighted by Crippen LogP contribution is 2.46. The molecule has 3 atom stereocenters. The van der Waals surface area contributed by atoms with Gasteiger partial charge in [0.25, 0.3) is 5.91 Å². The van der Waals surface area contributed by atoms with E-state index < -0.39 is 0 Å². The number of hydrogen-bond acceptors (Lipinski definition) is 4. The van der Waals surface area contributed by atoms with Crippen molar-refractivity contribution >= 4 is 11.8 Å². The number of amides is 2. The molecule has 3 heterocycles. The molecule has 2 amide bonds. The summed E-state index contributed by atoms with van der Waals surface area (Å²) in [7, 11) is 1.81. The number of likely N-dealkylation sites (tertiary alicyclic amines) is 2. The van der Waals surface area contributed by atoms with Crippen LogP contribution in [0.2, 0.25) is 0 Å². The van der Waals surface area contributed by atoms with Crippen molar-refractivity contribution in [1.29, 1.82) is 0 Å². The molecule has 0 unspecified atom stereocenters. The fraction of sp³-hybridized carbons (Fsp3) is 0.500. The van der Waals surface area contributed by atoms with Crippen LogP contribution in [0.1, 0.15) is 34.6 Å². The number of aryl methyl sites for hydroxylation is 2. The second kappa shape index (κ2) is 7.99. The summed E-state index contributed by atoms with van der Waals surface area (Å²) in [5, 5.41) is 7.06. The fourth-order valence-electron chi connectivity index (χ4n) is 4.98. The lowest BCUT2D eigenvalue weighted by molar-refractivity contribution is -0.122. The summed E-state index contributed by atoms with van der Waals surface area (Å²) in [6.07, 6.45) is 1.67. The average molecular weight is 396 g/mol. The Morgan fingerprint density at radius 2 is 1.97 bits per heavy atom. The molecule has 2 aliphatic heterocycles. The number of hydrogen-bond donors (Lipinski definition) is 1. The van der Waals surface area contributed by atoms with Gasteiger partial charge in [-0.3, -0.25) is 19.2 Å². The fourth-order valence-corrected chi connectivity index (χ4v) is 4.98. The molecule has 154 valence electrons. The van der Waals surface area contributed by atoms with Crippen molar-refractivity contribution in [3.63, 3.8) is 0 Å². The van der Waals surface area contributed by atoms with Crippen LogP contribution >= 0.6 is 0 Å². The van der Waals surface area contributed by atoms with Gasteiger partial charge in [0.05, 0.1) is 12.6 Å². The molecule has 2 fully saturated rings. The van der Waals surface area contributed by atoms with Gasteiger partial charge in [-0.1, -0.05) is 24.3 Å². The van der Waals surface area contributed by atoms with Gasteiger partial charge in [-0.15, -0.1) is 0 Å². The molecule has 2 saturated heterocycles. The van der Waals surface area contributed by atoms with E-state index in [-0.39, 0.29) is 17.9 Å². The first-order valence-corrected chi connectivity index (χ1v) is 10.3. The van der Waals surface area contributed by atoms with E-state index in [9.17, 15) is 9.59 Å². The van der Waals surface area contributed by atoms with Crippen LogP contribution in [-0.4, -0.2) is 64.1 Å². The maximum Gasteiger partial charge on any atom is 0.272 e. The molecular weight excluding hydrogens is 366 g/mol. The normalized spacial score (nSPS) is 24.0. The minimum absolute atomic E-state index is 0.0165. The second-order valence-electron chi connectivity index (χ2n) is 8.17. The topological polar surface area (TPSA) is 70.5 Å². The van der Waals surface area contributed by atoms with Crippen molar-refractivity contribution in [1.82, 2.24) is 24.9 Å². The van der Waals surface area contributed by atoms with E-state index in [0.29, 0.717) is 37.2 Å². The van der Waals surface area contributed by atoms with Gasteiger partial charge in [0.1, 0.15) is 5.69 Å². The van der Waals surface area contributed by atoms with E-state index in [4.69, 9.17) is 0 Å². The maximum atomic E-state index is 13.4. The Kier molecular flexibility index (Phi) is 5.41. The highest BCUT2D eigenvalue weighted by molar-refractivity contribution is 5.93. The van der Waals surface area contributed by atoms with Gasteiger partial charge in [0, 0.05) is 45.3 Å². The molecule has 2 aliphatic rings. The van der Waals surface area contributed by atoms with Crippen molar-refractivity contribution in [3.05, 3.63) is 53.3 Å². The zero-order valence-electron chi connectivity index (χ0n) is 17.3. The van der Waals surface area contributed by atoms with Gasteiger partial charge >= 0.3 is 0 Å². The summed E-state index contributed by atoms with van der Waals surface area (Å²) in [4.78, 5) is 29.7. The van der Waals surface area contributed by atoms with Crippen LogP contribution in [0, 0.1) is 18.8 Å². The van der Waals surface area contributed by atoms with Gasteiger partial charge in [-0.25, -0.2) is 0 Å². The molecule has 1 aromatic heterocycles. The first-order valence-electron chi connectivity index (χ1n) is 10.3. The van der Waals surface area contributed by atoms with Gasteiger partial charge in [-0.05, 0) is 37.0 Å². The van der Waals surface area contributed by atoms with Crippen molar-refractivity contribution in [2.45, 2.75) is 19.9 Å². The number of carbonyl (C=O) groups excluding carboxylic acids is 2. The van der Waals surface area contributed by atoms with Crippen LogP contribution in [0.25, 0.3) is 0 Å². The van der Waals surface area contributed by atoms with E-state index in [0.717, 1.165) is 13.1 Å². The molecule has 4 rings (SSSR count). The monoisotopic (exact) mass is 395 g/mol. The molecule has 1 N–H and O–H groups in total. The highest BCUT2D eigenvalue weighted by Gasteiger charge is 2.49. The van der Waals surface area contributed by atoms with Gasteiger partial charge in [0.15, 0.2) is 0 Å². The summed E-state index contributed by atoms with van der Waals surface area (Å²) in [5.74, 6) is 0.791. The first-order chi connectivity index (χ1) is 14.0. The number of aromatic nitrogens is 2. The Morgan fingerprint density at radius 3 is 2.66 bits per heavy atom. The van der Waals surface area contributed by atoms with Crippen LogP contribution < -0.4 is 5.32 Å². The Bertz CT molecular complexity index is 908. The van der Waals surface area contributed by atoms with E-state index in [1.165, 1.54) is 11.1 Å². The van der Waals surface area contributed by atoms with Crippen LogP contribution in [0.4, 0.5) is 0 Å². The molecule has 29 heavy (non-hydrogen) atoms. The quantitative estimate of drug-likeness (QED) is 0.835. The molecule has 0 spiro atoms. The molecule has 0 saturated carbocycles. The SMILES string of the molecule is CCNC(=O)CN1C[C@H]2CN(C(=O)c3ccnn3C)[C@@H](c3ccccc3C)[C@H]2C1. The minimum atomic E-state index is 0.0165. The third-order valence-electron chi connectivity index (χ3n) is 6.29. The largest absolute Gasteiger partial charge is 0.355 e. The standard InChI is InChI=1S/C22H29N5O2/c1-4-23-20(28)14-26-11-16-12-27(22(29)19-9-10-24-25(19)3)21(18(16)13-26)17-8-6-5-7-15(17)2/h5-10,16,18,21H,4,11-14H2,1-3H3,(H,23,28)/t16-,18-,21-/m0/s1. The van der Waals surface area contributed by atoms with Gasteiger partial charge < -0.3 is 10.2 Å². The van der Waals surface area contributed by atoms with Crippen LogP contribution in [-0.2, 0) is 11.8 Å². The Hall–Kier alpha value is -2.67. The molecule has 0 radical (unpaired) electrons. The number of carbonyl (C=O) groups is 2. The van der Waals surface area contributed by atoms with E-state index >= 15 is 0 Å². The first kappa shape index (κ1) is 19.6. The number of nitrogens with zero attached hydrogens (tertiary/aromatic N) is 4. The average Bonchev–Trinajstić information content (AvgIpc) is 3.36. The number of nitrogens with one attached hydrogen (secondary N) is 1. The summed E-state index contributed by atoms with van der Waals surface area (Å²) in [6, 6.07) is 10.1. The molecule has 1 aromatic carbocycles. The Labute approximate surface area is 171 Å². The number of fused-ring (bicyclic) bond motifs is 1. The zero-order chi connectivity index (χ0) is 20.5. The predicted molar refractivity (Wildman–Crippen MR) is 110 cm³/mol. The van der Waals surface area contributed by atoms with Crippen molar-refractivity contribution in [2.24, 2.45) is 18.9 Å². The second-order valence-corrected chi connectivity index (χ2v) is 8.17. The molecule has 0 aliphatic carbocycles. The lowest BCUT2D eigenvalue weighted by Crippen LogP contribution is -2.40. The highest BCUT2D eigenvalue weighted by atomic mass is 16.2. The smallest absolute Gasteiger partial charge is 0.272 e. The van der Waals surface area contributed by atoms with Crippen molar-refractivity contribution in [2.75, 3.05) is 32.7 Å². The molecule has 2 aromatic rings. The van der Waals surface area contributed by atoms with Crippen molar-refractivity contribution in [3.8, 4) is 0 Å². The van der Waals surface area contributed by atoms with E-state index in [2.05, 4.69) is 34.4 Å². The number of rotatable bonds is 5. The van der Waals surface area contributed by atoms with E-state index in [1.807, 2.05) is 24.0 Å². The summed E-state index contributed by atoms with van der Waals surface area (Å²) in [5.41, 5.74) is 3.02. The summed E-state index contributed by atoms with van der Waals surface area (Å²) in [6.45, 7) is 7.51. The lowest BCUT2D eigenvalue weighted by atomic mass is 9.87. The Balaban J connectivity index is 1.62. The Morgan fingerprint density at radius 1 is 1.17 bits per heavy atom. The third-order valence-corrected chi connectivity index (χ3v) is 6.29. The predicted octanol–water partition coefficient (Wildman–Crippen LogP) is 1.61. The van der Waals surface area contributed by atoms with Crippen LogP contribution in [0.3, 0.4) is 0 Å².